The minimum Gasteiger partial charge on any atom is -0.484 e. The Bertz CT molecular complexity index is 1110. The molecule has 0 fully saturated rings. The van der Waals surface area contributed by atoms with E-state index in [-0.39, 0.29) is 12.5 Å². The third kappa shape index (κ3) is 5.18. The summed E-state index contributed by atoms with van der Waals surface area (Å²) in [7, 11) is 0. The highest BCUT2D eigenvalue weighted by Crippen LogP contribution is 2.37. The summed E-state index contributed by atoms with van der Waals surface area (Å²) in [6.45, 7) is 6.75. The van der Waals surface area contributed by atoms with Crippen molar-refractivity contribution in [2.24, 2.45) is 0 Å². The fraction of sp³-hybridized carbons (Fsp3) is 0.308. The summed E-state index contributed by atoms with van der Waals surface area (Å²) in [5.74, 6) is 0.853. The average Bonchev–Trinajstić information content (AvgIpc) is 3.14. The summed E-state index contributed by atoms with van der Waals surface area (Å²) in [6.07, 6.45) is 0.816. The number of hydrogen-bond acceptors (Lipinski definition) is 5. The number of anilines is 1. The van der Waals surface area contributed by atoms with Crippen LogP contribution < -0.4 is 10.1 Å². The Labute approximate surface area is 193 Å². The summed E-state index contributed by atoms with van der Waals surface area (Å²) in [5.41, 5.74) is 4.17. The smallest absolute Gasteiger partial charge is 0.262 e. The molecule has 5 nitrogen and oxygen atoms in total. The monoisotopic (exact) mass is 445 g/mol. The van der Waals surface area contributed by atoms with Crippen molar-refractivity contribution in [3.8, 4) is 11.8 Å². The molecule has 2 heterocycles. The molecule has 0 unspecified atom stereocenters. The fourth-order valence-electron chi connectivity index (χ4n) is 3.90. The zero-order valence-electron chi connectivity index (χ0n) is 18.4. The standard InChI is InChI=1S/C26H27N3O2S/c1-18(2)20-8-10-21(11-9-20)31-17-25(30)28-26-23(14-27)22-12-13-29(16-24(22)32-26)15-19-6-4-3-5-7-19/h3-11,18H,12-13,15-17H2,1-2H3,(H,28,30). The molecule has 1 amide bonds. The van der Waals surface area contributed by atoms with Crippen molar-refractivity contribution in [2.45, 2.75) is 39.3 Å². The molecule has 1 aliphatic heterocycles. The molecule has 0 saturated carbocycles. The Morgan fingerprint density at radius 2 is 1.94 bits per heavy atom. The summed E-state index contributed by atoms with van der Waals surface area (Å²) >= 11 is 1.50. The first-order chi connectivity index (χ1) is 15.5. The minimum atomic E-state index is -0.255. The molecule has 3 aromatic rings. The van der Waals surface area contributed by atoms with Crippen LogP contribution in [0.5, 0.6) is 5.75 Å². The molecule has 1 aromatic heterocycles. The fourth-order valence-corrected chi connectivity index (χ4v) is 5.16. The lowest BCUT2D eigenvalue weighted by atomic mass is 10.0. The molecular formula is C26H27N3O2S. The molecule has 1 aliphatic rings. The molecule has 6 heteroatoms. The van der Waals surface area contributed by atoms with Crippen molar-refractivity contribution in [3.63, 3.8) is 0 Å². The third-order valence-corrected chi connectivity index (χ3v) is 6.80. The number of nitriles is 1. The van der Waals surface area contributed by atoms with Crippen LogP contribution in [-0.2, 0) is 24.3 Å². The molecule has 0 radical (unpaired) electrons. The van der Waals surface area contributed by atoms with Gasteiger partial charge in [0.15, 0.2) is 6.61 Å². The average molecular weight is 446 g/mol. The van der Waals surface area contributed by atoms with Crippen molar-refractivity contribution < 1.29 is 9.53 Å². The number of benzene rings is 2. The number of amides is 1. The highest BCUT2D eigenvalue weighted by atomic mass is 32.1. The van der Waals surface area contributed by atoms with Gasteiger partial charge in [0.2, 0.25) is 0 Å². The summed E-state index contributed by atoms with van der Waals surface area (Å²) in [6, 6.07) is 20.5. The number of hydrogen-bond donors (Lipinski definition) is 1. The summed E-state index contributed by atoms with van der Waals surface area (Å²) in [5, 5.41) is 13.2. The van der Waals surface area contributed by atoms with Crippen molar-refractivity contribution in [1.82, 2.24) is 4.90 Å². The van der Waals surface area contributed by atoms with E-state index in [1.165, 1.54) is 22.5 Å². The van der Waals surface area contributed by atoms with Crippen LogP contribution in [0.25, 0.3) is 0 Å². The molecule has 4 rings (SSSR count). The number of ether oxygens (including phenoxy) is 1. The quantitative estimate of drug-likeness (QED) is 0.535. The topological polar surface area (TPSA) is 65.4 Å². The molecule has 164 valence electrons. The first-order valence-corrected chi connectivity index (χ1v) is 11.7. The maximum absolute atomic E-state index is 12.5. The number of rotatable bonds is 7. The zero-order chi connectivity index (χ0) is 22.5. The van der Waals surface area contributed by atoms with Crippen LogP contribution in [0.4, 0.5) is 5.00 Å². The van der Waals surface area contributed by atoms with E-state index in [0.717, 1.165) is 36.5 Å². The SMILES string of the molecule is CC(C)c1ccc(OCC(=O)Nc2sc3c(c2C#N)CCN(Cc2ccccc2)C3)cc1. The first kappa shape index (κ1) is 22.1. The lowest BCUT2D eigenvalue weighted by Crippen LogP contribution is -2.29. The first-order valence-electron chi connectivity index (χ1n) is 10.9. The van der Waals surface area contributed by atoms with Crippen LogP contribution in [0, 0.1) is 11.3 Å². The normalized spacial score (nSPS) is 13.4. The molecule has 1 N–H and O–H groups in total. The maximum atomic E-state index is 12.5. The van der Waals surface area contributed by atoms with E-state index in [9.17, 15) is 10.1 Å². The molecular weight excluding hydrogens is 418 g/mol. The second-order valence-corrected chi connectivity index (χ2v) is 9.43. The second kappa shape index (κ2) is 9.99. The Morgan fingerprint density at radius 1 is 1.19 bits per heavy atom. The van der Waals surface area contributed by atoms with Crippen LogP contribution in [0.15, 0.2) is 54.6 Å². The van der Waals surface area contributed by atoms with Gasteiger partial charge in [0, 0.05) is 24.5 Å². The van der Waals surface area contributed by atoms with Gasteiger partial charge in [-0.25, -0.2) is 0 Å². The van der Waals surface area contributed by atoms with Crippen molar-refractivity contribution in [3.05, 3.63) is 81.7 Å². The number of carbonyl (C=O) groups excluding carboxylic acids is 1. The lowest BCUT2D eigenvalue weighted by molar-refractivity contribution is -0.118. The molecule has 32 heavy (non-hydrogen) atoms. The molecule has 0 saturated heterocycles. The van der Waals surface area contributed by atoms with Gasteiger partial charge in [0.25, 0.3) is 5.91 Å². The summed E-state index contributed by atoms with van der Waals surface area (Å²) in [4.78, 5) is 16.0. The Balaban J connectivity index is 1.38. The Hall–Kier alpha value is -3.14. The van der Waals surface area contributed by atoms with Crippen LogP contribution >= 0.6 is 11.3 Å². The van der Waals surface area contributed by atoms with Crippen LogP contribution in [0.1, 0.15) is 46.9 Å². The van der Waals surface area contributed by atoms with Gasteiger partial charge in [-0.2, -0.15) is 5.26 Å². The Morgan fingerprint density at radius 3 is 2.62 bits per heavy atom. The van der Waals surface area contributed by atoms with Crippen LogP contribution in [0.3, 0.4) is 0 Å². The third-order valence-electron chi connectivity index (χ3n) is 5.67. The molecule has 0 aliphatic carbocycles. The number of nitrogens with zero attached hydrogens (tertiary/aromatic N) is 2. The van der Waals surface area contributed by atoms with Crippen LogP contribution in [-0.4, -0.2) is 24.0 Å². The maximum Gasteiger partial charge on any atom is 0.262 e. The number of thiophene rings is 1. The highest BCUT2D eigenvalue weighted by molar-refractivity contribution is 7.16. The number of fused-ring (bicyclic) bond motifs is 1. The van der Waals surface area contributed by atoms with E-state index in [2.05, 4.69) is 54.4 Å². The van der Waals surface area contributed by atoms with E-state index in [1.807, 2.05) is 30.3 Å². The van der Waals surface area contributed by atoms with Gasteiger partial charge >= 0.3 is 0 Å². The Kier molecular flexibility index (Phi) is 6.89. The van der Waals surface area contributed by atoms with Gasteiger partial charge in [-0.15, -0.1) is 11.3 Å². The highest BCUT2D eigenvalue weighted by Gasteiger charge is 2.25. The van der Waals surface area contributed by atoms with Crippen LogP contribution in [0.2, 0.25) is 0 Å². The van der Waals surface area contributed by atoms with E-state index in [0.29, 0.717) is 22.2 Å². The number of nitrogens with one attached hydrogen (secondary N) is 1. The molecule has 2 aromatic carbocycles. The predicted octanol–water partition coefficient (Wildman–Crippen LogP) is 5.32. The molecule has 0 bridgehead atoms. The van der Waals surface area contributed by atoms with E-state index in [1.54, 1.807) is 0 Å². The zero-order valence-corrected chi connectivity index (χ0v) is 19.2. The predicted molar refractivity (Wildman–Crippen MR) is 128 cm³/mol. The number of carbonyl (C=O) groups is 1. The second-order valence-electron chi connectivity index (χ2n) is 8.33. The van der Waals surface area contributed by atoms with E-state index >= 15 is 0 Å². The van der Waals surface area contributed by atoms with Crippen molar-refractivity contribution in [1.29, 1.82) is 5.26 Å². The van der Waals surface area contributed by atoms with E-state index < -0.39 is 0 Å². The van der Waals surface area contributed by atoms with Crippen molar-refractivity contribution >= 4 is 22.2 Å². The molecule has 0 atom stereocenters. The van der Waals surface area contributed by atoms with Gasteiger partial charge in [0.1, 0.15) is 16.8 Å². The summed E-state index contributed by atoms with van der Waals surface area (Å²) < 4.78 is 5.64. The largest absolute Gasteiger partial charge is 0.484 e. The van der Waals surface area contributed by atoms with Gasteiger partial charge in [0.05, 0.1) is 5.56 Å². The van der Waals surface area contributed by atoms with Gasteiger partial charge in [-0.05, 0) is 41.2 Å². The van der Waals surface area contributed by atoms with Gasteiger partial charge in [-0.3, -0.25) is 9.69 Å². The molecule has 0 spiro atoms. The van der Waals surface area contributed by atoms with Gasteiger partial charge in [-0.1, -0.05) is 56.3 Å². The lowest BCUT2D eigenvalue weighted by Gasteiger charge is -2.26. The van der Waals surface area contributed by atoms with E-state index in [4.69, 9.17) is 4.74 Å². The van der Waals surface area contributed by atoms with Crippen molar-refractivity contribution in [2.75, 3.05) is 18.5 Å². The minimum absolute atomic E-state index is 0.0887. The van der Waals surface area contributed by atoms with Gasteiger partial charge < -0.3 is 10.1 Å².